The molecule has 0 bridgehead atoms. The molecule has 1 aromatic heterocycles. The van der Waals surface area contributed by atoms with Gasteiger partial charge in [-0.1, -0.05) is 19.1 Å². The number of benzene rings is 1. The minimum absolute atomic E-state index is 0.158. The number of piperidine rings is 1. The molecule has 2 aliphatic heterocycles. The van der Waals surface area contributed by atoms with Gasteiger partial charge >= 0.3 is 0 Å². The van der Waals surface area contributed by atoms with Crippen molar-refractivity contribution in [3.8, 4) is 6.07 Å². The predicted molar refractivity (Wildman–Crippen MR) is 101 cm³/mol. The van der Waals surface area contributed by atoms with Gasteiger partial charge in [0.15, 0.2) is 0 Å². The summed E-state index contributed by atoms with van der Waals surface area (Å²) in [6, 6.07) is 10.1. The fourth-order valence-electron chi connectivity index (χ4n) is 4.51. The topological polar surface area (TPSA) is 60.2 Å². The molecule has 1 amide bonds. The molecular weight excluding hydrogens is 324 g/mol. The summed E-state index contributed by atoms with van der Waals surface area (Å²) >= 11 is 0. The van der Waals surface area contributed by atoms with Crippen LogP contribution in [0.25, 0.3) is 10.9 Å². The summed E-state index contributed by atoms with van der Waals surface area (Å²) < 4.78 is 0. The minimum atomic E-state index is 0.158. The first-order valence-corrected chi connectivity index (χ1v) is 9.32. The molecule has 0 saturated carbocycles. The number of aromatic nitrogens is 1. The number of pyridine rings is 1. The van der Waals surface area contributed by atoms with Crippen LogP contribution in [0.3, 0.4) is 0 Å². The Morgan fingerprint density at radius 1 is 1.23 bits per heavy atom. The Morgan fingerprint density at radius 3 is 2.77 bits per heavy atom. The number of nitriles is 1. The zero-order valence-electron chi connectivity index (χ0n) is 15.4. The highest BCUT2D eigenvalue weighted by Crippen LogP contribution is 2.35. The van der Waals surface area contributed by atoms with Crippen molar-refractivity contribution in [2.75, 3.05) is 33.2 Å². The van der Waals surface area contributed by atoms with E-state index < -0.39 is 0 Å². The van der Waals surface area contributed by atoms with Gasteiger partial charge in [0, 0.05) is 43.7 Å². The van der Waals surface area contributed by atoms with Gasteiger partial charge in [0.25, 0.3) is 0 Å². The fourth-order valence-corrected chi connectivity index (χ4v) is 4.51. The Balaban J connectivity index is 1.64. The van der Waals surface area contributed by atoms with Crippen molar-refractivity contribution >= 4 is 16.8 Å². The van der Waals surface area contributed by atoms with E-state index in [1.165, 1.54) is 5.56 Å². The molecule has 3 heterocycles. The van der Waals surface area contributed by atoms with Gasteiger partial charge in [0.2, 0.25) is 5.91 Å². The Morgan fingerprint density at radius 2 is 2.04 bits per heavy atom. The van der Waals surface area contributed by atoms with Crippen LogP contribution in [0.2, 0.25) is 0 Å². The highest BCUT2D eigenvalue weighted by atomic mass is 16.2. The van der Waals surface area contributed by atoms with Crippen molar-refractivity contribution in [3.05, 3.63) is 41.6 Å². The van der Waals surface area contributed by atoms with Crippen molar-refractivity contribution in [2.45, 2.75) is 19.3 Å². The van der Waals surface area contributed by atoms with E-state index in [2.05, 4.69) is 40.9 Å². The lowest BCUT2D eigenvalue weighted by atomic mass is 9.82. The van der Waals surface area contributed by atoms with E-state index in [4.69, 9.17) is 0 Å². The number of likely N-dealkylation sites (tertiary alicyclic amines) is 2. The quantitative estimate of drug-likeness (QED) is 0.837. The van der Waals surface area contributed by atoms with Gasteiger partial charge < -0.3 is 9.80 Å². The van der Waals surface area contributed by atoms with Crippen LogP contribution in [-0.2, 0) is 4.79 Å². The molecule has 2 fully saturated rings. The summed E-state index contributed by atoms with van der Waals surface area (Å²) in [5, 5.41) is 10.4. The second-order valence-corrected chi connectivity index (χ2v) is 7.91. The highest BCUT2D eigenvalue weighted by molar-refractivity contribution is 5.87. The predicted octanol–water partition coefficient (Wildman–Crippen LogP) is 2.62. The summed E-state index contributed by atoms with van der Waals surface area (Å²) in [6.45, 7) is 5.58. The third-order valence-corrected chi connectivity index (χ3v) is 5.75. The molecule has 4 rings (SSSR count). The smallest absolute Gasteiger partial charge is 0.228 e. The molecule has 0 spiro atoms. The van der Waals surface area contributed by atoms with Crippen LogP contribution in [0.15, 0.2) is 30.5 Å². The largest absolute Gasteiger partial charge is 0.341 e. The van der Waals surface area contributed by atoms with Gasteiger partial charge in [-0.3, -0.25) is 9.78 Å². The number of amides is 1. The van der Waals surface area contributed by atoms with Crippen LogP contribution in [0.1, 0.15) is 30.4 Å². The number of carbonyl (C=O) groups is 1. The number of rotatable bonds is 2. The zero-order chi connectivity index (χ0) is 18.3. The molecule has 2 atom stereocenters. The third kappa shape index (κ3) is 2.95. The number of fused-ring (bicyclic) bond motifs is 1. The summed E-state index contributed by atoms with van der Waals surface area (Å²) in [4.78, 5) is 21.5. The molecule has 0 unspecified atom stereocenters. The van der Waals surface area contributed by atoms with Gasteiger partial charge in [0.05, 0.1) is 17.0 Å². The van der Waals surface area contributed by atoms with Gasteiger partial charge in [0.1, 0.15) is 6.07 Å². The van der Waals surface area contributed by atoms with E-state index in [-0.39, 0.29) is 5.92 Å². The number of hydrogen-bond acceptors (Lipinski definition) is 4. The van der Waals surface area contributed by atoms with E-state index in [1.807, 2.05) is 18.2 Å². The van der Waals surface area contributed by atoms with Crippen molar-refractivity contribution < 1.29 is 4.79 Å². The summed E-state index contributed by atoms with van der Waals surface area (Å²) in [5.74, 6) is 1.22. The first kappa shape index (κ1) is 17.0. The van der Waals surface area contributed by atoms with Gasteiger partial charge in [-0.15, -0.1) is 0 Å². The lowest BCUT2D eigenvalue weighted by molar-refractivity contribution is -0.142. The molecule has 26 heavy (non-hydrogen) atoms. The van der Waals surface area contributed by atoms with Crippen molar-refractivity contribution in [2.24, 2.45) is 11.8 Å². The fraction of sp³-hybridized carbons (Fsp3) is 0.476. The lowest BCUT2D eigenvalue weighted by Crippen LogP contribution is -2.55. The summed E-state index contributed by atoms with van der Waals surface area (Å²) in [7, 11) is 2.06. The van der Waals surface area contributed by atoms with Gasteiger partial charge in [-0.05, 0) is 37.1 Å². The molecule has 0 aliphatic carbocycles. The maximum Gasteiger partial charge on any atom is 0.228 e. The zero-order valence-corrected chi connectivity index (χ0v) is 15.4. The molecule has 5 nitrogen and oxygen atoms in total. The lowest BCUT2D eigenvalue weighted by Gasteiger charge is -2.42. The first-order valence-electron chi connectivity index (χ1n) is 9.32. The molecule has 0 radical (unpaired) electrons. The number of hydrogen-bond donors (Lipinski definition) is 0. The van der Waals surface area contributed by atoms with Crippen LogP contribution in [0, 0.1) is 23.2 Å². The molecule has 1 aromatic carbocycles. The van der Waals surface area contributed by atoms with Crippen molar-refractivity contribution in [1.82, 2.24) is 14.8 Å². The van der Waals surface area contributed by atoms with Crippen LogP contribution in [-0.4, -0.2) is 53.9 Å². The molecule has 0 N–H and O–H groups in total. The molecular formula is C21H24N4O. The van der Waals surface area contributed by atoms with Crippen LogP contribution in [0.4, 0.5) is 0 Å². The Labute approximate surface area is 154 Å². The Kier molecular flexibility index (Phi) is 4.37. The number of carbonyl (C=O) groups excluding carboxylic acids is 1. The third-order valence-electron chi connectivity index (χ3n) is 5.75. The molecule has 2 saturated heterocycles. The molecule has 2 aliphatic rings. The van der Waals surface area contributed by atoms with E-state index in [9.17, 15) is 10.1 Å². The first-order chi connectivity index (χ1) is 12.6. The van der Waals surface area contributed by atoms with Gasteiger partial charge in [-0.2, -0.15) is 5.26 Å². The average molecular weight is 348 g/mol. The normalized spacial score (nSPS) is 24.3. The minimum Gasteiger partial charge on any atom is -0.341 e. The molecule has 2 aromatic rings. The highest BCUT2D eigenvalue weighted by Gasteiger charge is 2.37. The van der Waals surface area contributed by atoms with E-state index >= 15 is 0 Å². The maximum absolute atomic E-state index is 12.9. The van der Waals surface area contributed by atoms with E-state index in [0.29, 0.717) is 23.3 Å². The second kappa shape index (κ2) is 6.69. The molecule has 5 heteroatoms. The number of nitrogens with zero attached hydrogens (tertiary/aromatic N) is 4. The van der Waals surface area contributed by atoms with Crippen LogP contribution >= 0.6 is 0 Å². The maximum atomic E-state index is 12.9. The van der Waals surface area contributed by atoms with E-state index in [0.717, 1.165) is 43.5 Å². The van der Waals surface area contributed by atoms with Gasteiger partial charge in [-0.25, -0.2) is 0 Å². The average Bonchev–Trinajstić information content (AvgIpc) is 2.63. The van der Waals surface area contributed by atoms with Crippen molar-refractivity contribution in [3.63, 3.8) is 0 Å². The second-order valence-electron chi connectivity index (χ2n) is 7.91. The van der Waals surface area contributed by atoms with E-state index in [1.54, 1.807) is 6.20 Å². The monoisotopic (exact) mass is 348 g/mol. The summed E-state index contributed by atoms with van der Waals surface area (Å²) in [6.07, 6.45) is 2.80. The Bertz CT molecular complexity index is 881. The SMILES string of the molecule is C[C@@H]1C[C@@H](c2ccc(C#N)c3ncccc23)CN(C(=O)C2CN(C)C2)C1. The standard InChI is InChI=1S/C21H24N4O/c1-14-8-16(13-25(10-14)21(26)17-11-24(2)12-17)18-6-5-15(9-22)20-19(18)4-3-7-23-20/h3-7,14,16-17H,8,10-13H2,1-2H3/t14-,16-/m1/s1. The molecule has 134 valence electrons. The van der Waals surface area contributed by atoms with Crippen LogP contribution < -0.4 is 0 Å². The van der Waals surface area contributed by atoms with Crippen molar-refractivity contribution in [1.29, 1.82) is 5.26 Å². The van der Waals surface area contributed by atoms with Crippen LogP contribution in [0.5, 0.6) is 0 Å². The summed E-state index contributed by atoms with van der Waals surface area (Å²) in [5.41, 5.74) is 2.59. The Hall–Kier alpha value is -2.45.